The third-order valence-corrected chi connectivity index (χ3v) is 2.67. The maximum Gasteiger partial charge on any atom is 0.230 e. The first-order valence-corrected chi connectivity index (χ1v) is 6.04. The van der Waals surface area contributed by atoms with Crippen molar-refractivity contribution in [3.05, 3.63) is 28.8 Å². The fourth-order valence-corrected chi connectivity index (χ4v) is 1.97. The van der Waals surface area contributed by atoms with E-state index in [0.29, 0.717) is 12.1 Å². The molecule has 0 atom stereocenters. The average Bonchev–Trinajstić information content (AvgIpc) is 2.31. The van der Waals surface area contributed by atoms with E-state index in [1.165, 1.54) is 5.56 Å². The van der Waals surface area contributed by atoms with Gasteiger partial charge in [0, 0.05) is 11.4 Å². The molecule has 5 nitrogen and oxygen atoms in total. The van der Waals surface area contributed by atoms with Crippen LogP contribution in [-0.2, 0) is 9.59 Å². The Morgan fingerprint density at radius 2 is 1.84 bits per heavy atom. The monoisotopic (exact) mass is 261 g/mol. The summed E-state index contributed by atoms with van der Waals surface area (Å²) in [6.07, 6.45) is 0.614. The van der Waals surface area contributed by atoms with Crippen LogP contribution in [0.15, 0.2) is 17.2 Å². The second-order valence-electron chi connectivity index (χ2n) is 4.59. The van der Waals surface area contributed by atoms with Crippen molar-refractivity contribution in [2.45, 2.75) is 34.1 Å². The molecule has 0 saturated heterocycles. The van der Waals surface area contributed by atoms with E-state index in [1.54, 1.807) is 6.92 Å². The zero-order chi connectivity index (χ0) is 14.4. The third-order valence-electron chi connectivity index (χ3n) is 2.67. The van der Waals surface area contributed by atoms with Gasteiger partial charge in [0.05, 0.1) is 6.42 Å². The van der Waals surface area contributed by atoms with Gasteiger partial charge in [-0.05, 0) is 38.8 Å². The Bertz CT molecular complexity index is 498. The number of carbonyl (C=O) groups excluding carboxylic acids is 2. The first-order chi connectivity index (χ1) is 8.93. The van der Waals surface area contributed by atoms with Crippen LogP contribution in [0, 0.1) is 20.8 Å². The van der Waals surface area contributed by atoms with Gasteiger partial charge in [-0.3, -0.25) is 9.59 Å². The maximum absolute atomic E-state index is 11.9. The number of benzene rings is 1. The molecule has 0 saturated carbocycles. The van der Waals surface area contributed by atoms with Gasteiger partial charge in [0.25, 0.3) is 0 Å². The smallest absolute Gasteiger partial charge is 0.230 e. The third kappa shape index (κ3) is 4.54. The molecule has 1 aromatic rings. The van der Waals surface area contributed by atoms with Crippen LogP contribution < -0.4 is 10.7 Å². The van der Waals surface area contributed by atoms with Gasteiger partial charge in [-0.25, -0.2) is 5.43 Å². The summed E-state index contributed by atoms with van der Waals surface area (Å²) < 4.78 is 0. The Hall–Kier alpha value is -2.17. The highest BCUT2D eigenvalue weighted by Crippen LogP contribution is 2.21. The molecule has 0 aromatic heterocycles. The van der Waals surface area contributed by atoms with Crippen molar-refractivity contribution >= 4 is 23.7 Å². The highest BCUT2D eigenvalue weighted by molar-refractivity contribution is 6.06. The highest BCUT2D eigenvalue weighted by atomic mass is 16.1. The van der Waals surface area contributed by atoms with Crippen molar-refractivity contribution in [1.82, 2.24) is 5.43 Å². The lowest BCUT2D eigenvalue weighted by molar-refractivity contribution is -0.115. The molecule has 0 bridgehead atoms. The predicted octanol–water partition coefficient (Wildman–Crippen LogP) is 2.06. The predicted molar refractivity (Wildman–Crippen MR) is 76.2 cm³/mol. The van der Waals surface area contributed by atoms with Crippen LogP contribution >= 0.6 is 0 Å². The molecule has 0 fully saturated rings. The van der Waals surface area contributed by atoms with Crippen LogP contribution in [0.2, 0.25) is 0 Å². The lowest BCUT2D eigenvalue weighted by atomic mass is 10.0. The molecule has 5 heteroatoms. The fourth-order valence-electron chi connectivity index (χ4n) is 1.97. The summed E-state index contributed by atoms with van der Waals surface area (Å²) in [5, 5.41) is 6.60. The highest BCUT2D eigenvalue weighted by Gasteiger charge is 2.09. The molecule has 0 aliphatic carbocycles. The van der Waals surface area contributed by atoms with Crippen molar-refractivity contribution < 1.29 is 9.59 Å². The molecule has 2 amide bonds. The van der Waals surface area contributed by atoms with Gasteiger partial charge in [-0.1, -0.05) is 17.7 Å². The largest absolute Gasteiger partial charge is 0.325 e. The van der Waals surface area contributed by atoms with Crippen LogP contribution in [0.25, 0.3) is 0 Å². The molecular weight excluding hydrogens is 242 g/mol. The summed E-state index contributed by atoms with van der Waals surface area (Å²) in [6.45, 7) is 7.63. The van der Waals surface area contributed by atoms with Crippen molar-refractivity contribution in [3.63, 3.8) is 0 Å². The zero-order valence-corrected chi connectivity index (χ0v) is 11.7. The van der Waals surface area contributed by atoms with Crippen LogP contribution in [0.3, 0.4) is 0 Å². The van der Waals surface area contributed by atoms with E-state index in [1.807, 2.05) is 32.9 Å². The van der Waals surface area contributed by atoms with Crippen molar-refractivity contribution in [3.8, 4) is 0 Å². The number of rotatable bonds is 5. The summed E-state index contributed by atoms with van der Waals surface area (Å²) in [5.41, 5.74) is 6.80. The molecule has 1 rings (SSSR count). The Morgan fingerprint density at radius 1 is 1.26 bits per heavy atom. The molecule has 1 aromatic carbocycles. The van der Waals surface area contributed by atoms with Gasteiger partial charge in [-0.2, -0.15) is 5.10 Å². The van der Waals surface area contributed by atoms with Gasteiger partial charge >= 0.3 is 0 Å². The first-order valence-electron chi connectivity index (χ1n) is 6.04. The number of nitrogens with zero attached hydrogens (tertiary/aromatic N) is 1. The number of hydrazone groups is 1. The molecular formula is C14H19N3O2. The average molecular weight is 261 g/mol. The standard InChI is InChI=1S/C14H19N3O2/c1-9-5-10(2)14(11(3)6-9)16-13(19)7-12(4)17-15-8-18/h5-6,8H,7H2,1-4H3,(H,15,18)(H,16,19)/b17-12-. The quantitative estimate of drug-likeness (QED) is 0.484. The van der Waals surface area contributed by atoms with E-state index in [4.69, 9.17) is 0 Å². The number of nitrogens with one attached hydrogen (secondary N) is 2. The van der Waals surface area contributed by atoms with Crippen molar-refractivity contribution in [2.75, 3.05) is 5.32 Å². The van der Waals surface area contributed by atoms with Gasteiger partial charge in [0.15, 0.2) is 0 Å². The molecule has 102 valence electrons. The van der Waals surface area contributed by atoms with Gasteiger partial charge in [-0.15, -0.1) is 0 Å². The summed E-state index contributed by atoms with van der Waals surface area (Å²) in [4.78, 5) is 22.0. The molecule has 0 heterocycles. The Balaban J connectivity index is 2.75. The van der Waals surface area contributed by atoms with Crippen molar-refractivity contribution in [2.24, 2.45) is 5.10 Å². The second kappa shape index (κ2) is 6.68. The van der Waals surface area contributed by atoms with Crippen LogP contribution in [-0.4, -0.2) is 18.0 Å². The van der Waals surface area contributed by atoms with Gasteiger partial charge in [0.2, 0.25) is 12.3 Å². The van der Waals surface area contributed by atoms with E-state index in [2.05, 4.69) is 15.8 Å². The minimum atomic E-state index is -0.149. The number of anilines is 1. The Labute approximate surface area is 113 Å². The molecule has 0 aliphatic rings. The van der Waals surface area contributed by atoms with E-state index < -0.39 is 0 Å². The molecule has 0 radical (unpaired) electrons. The number of hydrogen-bond acceptors (Lipinski definition) is 3. The van der Waals surface area contributed by atoms with Crippen LogP contribution in [0.1, 0.15) is 30.0 Å². The lowest BCUT2D eigenvalue weighted by Gasteiger charge is -2.12. The Morgan fingerprint density at radius 3 is 2.37 bits per heavy atom. The number of carbonyl (C=O) groups is 2. The maximum atomic E-state index is 11.9. The minimum Gasteiger partial charge on any atom is -0.325 e. The topological polar surface area (TPSA) is 70.6 Å². The zero-order valence-electron chi connectivity index (χ0n) is 11.7. The Kier molecular flexibility index (Phi) is 5.23. The molecule has 0 spiro atoms. The summed E-state index contributed by atoms with van der Waals surface area (Å²) in [6, 6.07) is 4.05. The molecule has 2 N–H and O–H groups in total. The second-order valence-corrected chi connectivity index (χ2v) is 4.59. The SMILES string of the molecule is C/C(CC(=O)Nc1c(C)cc(C)cc1C)=N/NC=O. The summed E-state index contributed by atoms with van der Waals surface area (Å²) >= 11 is 0. The van der Waals surface area contributed by atoms with Crippen LogP contribution in [0.4, 0.5) is 5.69 Å². The van der Waals surface area contributed by atoms with E-state index in [0.717, 1.165) is 16.8 Å². The van der Waals surface area contributed by atoms with Gasteiger partial charge in [0.1, 0.15) is 0 Å². The van der Waals surface area contributed by atoms with Crippen LogP contribution in [0.5, 0.6) is 0 Å². The first kappa shape index (κ1) is 14.9. The molecule has 0 aliphatic heterocycles. The van der Waals surface area contributed by atoms with Crippen molar-refractivity contribution in [1.29, 1.82) is 0 Å². The van der Waals surface area contributed by atoms with E-state index in [-0.39, 0.29) is 12.3 Å². The molecule has 0 unspecified atom stereocenters. The van der Waals surface area contributed by atoms with E-state index >= 15 is 0 Å². The van der Waals surface area contributed by atoms with Gasteiger partial charge < -0.3 is 5.32 Å². The summed E-state index contributed by atoms with van der Waals surface area (Å²) in [5.74, 6) is -0.149. The molecule has 19 heavy (non-hydrogen) atoms. The summed E-state index contributed by atoms with van der Waals surface area (Å²) in [7, 11) is 0. The fraction of sp³-hybridized carbons (Fsp3) is 0.357. The number of amides is 2. The lowest BCUT2D eigenvalue weighted by Crippen LogP contribution is -2.18. The minimum absolute atomic E-state index is 0.146. The van der Waals surface area contributed by atoms with E-state index in [9.17, 15) is 9.59 Å². The normalized spacial score (nSPS) is 11.1. The number of hydrogen-bond donors (Lipinski definition) is 2. The number of aryl methyl sites for hydroxylation is 3.